The van der Waals surface area contributed by atoms with Crippen LogP contribution >= 0.6 is 37.0 Å². The maximum atomic E-state index is 7.50. The summed E-state index contributed by atoms with van der Waals surface area (Å²) in [4.78, 5) is 4.99. The van der Waals surface area contributed by atoms with Crippen LogP contribution < -0.4 is 15.1 Å². The van der Waals surface area contributed by atoms with Gasteiger partial charge in [0, 0.05) is 46.0 Å². The van der Waals surface area contributed by atoms with Crippen LogP contribution in [0.25, 0.3) is 0 Å². The van der Waals surface area contributed by atoms with E-state index < -0.39 is 0 Å². The summed E-state index contributed by atoms with van der Waals surface area (Å²) >= 11 is 3.11. The van der Waals surface area contributed by atoms with Crippen molar-refractivity contribution in [2.45, 2.75) is 83.5 Å². The Hall–Kier alpha value is -1.77. The lowest BCUT2D eigenvalue weighted by Crippen LogP contribution is -2.34. The van der Waals surface area contributed by atoms with Crippen LogP contribution in [0.2, 0.25) is 0 Å². The fraction of sp³-hybridized carbons (Fsp3) is 0.514. The lowest BCUT2D eigenvalue weighted by Gasteiger charge is -2.32. The van der Waals surface area contributed by atoms with Gasteiger partial charge in [0.1, 0.15) is 0 Å². The molecule has 3 aliphatic rings. The van der Waals surface area contributed by atoms with E-state index in [1.165, 1.54) is 110 Å². The van der Waals surface area contributed by atoms with Crippen LogP contribution in [0.4, 0.5) is 11.4 Å². The SMILES string of the molecule is C.C1CCNCC1.Cc1ccccc1Br.Cc1ccccc1N1CCC(I=N)CC1.Cc1ccccc1N1CCCCC1. The smallest absolute Gasteiger partial charge is 0.0395 e. The van der Waals surface area contributed by atoms with E-state index in [0.29, 0.717) is 0 Å². The van der Waals surface area contributed by atoms with Crippen molar-refractivity contribution in [2.75, 3.05) is 49.1 Å². The highest BCUT2D eigenvalue weighted by Gasteiger charge is 2.19. The number of hydrogen-bond donors (Lipinski definition) is 2. The summed E-state index contributed by atoms with van der Waals surface area (Å²) in [6.45, 7) is 13.7. The van der Waals surface area contributed by atoms with Gasteiger partial charge in [-0.15, -0.1) is 0 Å². The van der Waals surface area contributed by atoms with E-state index in [-0.39, 0.29) is 28.5 Å². The number of alkyl halides is 1. The van der Waals surface area contributed by atoms with Crippen molar-refractivity contribution in [3.8, 4) is 0 Å². The molecule has 0 amide bonds. The summed E-state index contributed by atoms with van der Waals surface area (Å²) in [7, 11) is 0. The Morgan fingerprint density at radius 1 is 0.628 bits per heavy atom. The number of rotatable bonds is 3. The van der Waals surface area contributed by atoms with Gasteiger partial charge in [-0.05, 0) is 135 Å². The Kier molecular flexibility index (Phi) is 19.0. The van der Waals surface area contributed by atoms with Crippen LogP contribution in [0, 0.1) is 24.3 Å². The van der Waals surface area contributed by atoms with Gasteiger partial charge in [0.2, 0.25) is 0 Å². The van der Waals surface area contributed by atoms with Crippen LogP contribution in [-0.2, 0) is 0 Å². The predicted octanol–water partition coefficient (Wildman–Crippen LogP) is 10.8. The number of halogens is 2. The molecule has 3 aromatic carbocycles. The minimum absolute atomic E-state index is 0. The highest BCUT2D eigenvalue weighted by Crippen LogP contribution is 2.28. The van der Waals surface area contributed by atoms with Gasteiger partial charge >= 0.3 is 0 Å². The Morgan fingerprint density at radius 3 is 1.44 bits per heavy atom. The second-order valence-corrected chi connectivity index (χ2v) is 14.7. The van der Waals surface area contributed by atoms with Crippen molar-refractivity contribution in [1.82, 2.24) is 5.32 Å². The Morgan fingerprint density at radius 2 is 1.07 bits per heavy atom. The second kappa shape index (κ2) is 21.9. The van der Waals surface area contributed by atoms with E-state index >= 15 is 0 Å². The quantitative estimate of drug-likeness (QED) is 0.206. The third-order valence-corrected chi connectivity index (χ3v) is 11.1. The Bertz CT molecular complexity index is 1140. The molecule has 6 heteroatoms. The number of nitrogens with one attached hydrogen (secondary N) is 2. The first-order chi connectivity index (χ1) is 20.5. The molecule has 0 atom stereocenters. The van der Waals surface area contributed by atoms with E-state index in [1.54, 1.807) is 0 Å². The first-order valence-electron chi connectivity index (χ1n) is 15.8. The van der Waals surface area contributed by atoms with Crippen molar-refractivity contribution in [1.29, 1.82) is 3.56 Å². The molecule has 0 bridgehead atoms. The van der Waals surface area contributed by atoms with Gasteiger partial charge in [0.25, 0.3) is 0 Å². The zero-order chi connectivity index (χ0) is 30.0. The highest BCUT2D eigenvalue weighted by molar-refractivity contribution is 14.1. The van der Waals surface area contributed by atoms with Crippen LogP contribution in [0.1, 0.15) is 75.5 Å². The maximum Gasteiger partial charge on any atom is 0.0395 e. The molecule has 3 aromatic rings. The van der Waals surface area contributed by atoms with Crippen molar-refractivity contribution in [2.24, 2.45) is 0 Å². The lowest BCUT2D eigenvalue weighted by molar-refractivity contribution is 0.520. The third-order valence-electron chi connectivity index (χ3n) is 8.13. The monoisotopic (exact) mass is 762 g/mol. The molecule has 0 aliphatic carbocycles. The maximum absolute atomic E-state index is 7.50. The number of piperidine rings is 3. The topological polar surface area (TPSA) is 42.4 Å². The minimum Gasteiger partial charge on any atom is -0.371 e. The number of para-hydroxylation sites is 2. The van der Waals surface area contributed by atoms with Gasteiger partial charge in [-0.25, -0.2) is 0 Å². The molecule has 4 nitrogen and oxygen atoms in total. The molecule has 3 fully saturated rings. The summed E-state index contributed by atoms with van der Waals surface area (Å²) < 4.78 is 9.42. The van der Waals surface area contributed by atoms with E-state index in [2.05, 4.69) is 106 Å². The number of aryl methyl sites for hydroxylation is 3. The average Bonchev–Trinajstić information content (AvgIpc) is 3.05. The van der Waals surface area contributed by atoms with E-state index in [0.717, 1.165) is 17.0 Å². The minimum atomic E-state index is -0.288. The van der Waals surface area contributed by atoms with Gasteiger partial charge in [-0.3, -0.25) is 3.56 Å². The number of benzene rings is 3. The molecule has 43 heavy (non-hydrogen) atoms. The molecule has 0 spiro atoms. The summed E-state index contributed by atoms with van der Waals surface area (Å²) in [5.74, 6) is 0. The normalized spacial score (nSPS) is 16.7. The van der Waals surface area contributed by atoms with Crippen molar-refractivity contribution in [3.05, 3.63) is 94.0 Å². The van der Waals surface area contributed by atoms with E-state index in [1.807, 2.05) is 18.2 Å². The summed E-state index contributed by atoms with van der Waals surface area (Å²) in [5, 5.41) is 3.28. The predicted molar refractivity (Wildman–Crippen MR) is 203 cm³/mol. The first kappa shape index (κ1) is 37.4. The fourth-order valence-electron chi connectivity index (χ4n) is 5.52. The fourth-order valence-corrected chi connectivity index (χ4v) is 6.99. The third kappa shape index (κ3) is 13.8. The lowest BCUT2D eigenvalue weighted by atomic mass is 10.1. The number of nitrogens with zero attached hydrogens (tertiary/aromatic N) is 2. The van der Waals surface area contributed by atoms with Gasteiger partial charge < -0.3 is 15.1 Å². The van der Waals surface area contributed by atoms with Crippen molar-refractivity contribution < 1.29 is 0 Å². The zero-order valence-corrected chi connectivity index (χ0v) is 29.8. The van der Waals surface area contributed by atoms with Crippen molar-refractivity contribution >= 4 is 48.3 Å². The molecule has 3 heterocycles. The molecule has 3 aliphatic heterocycles. The summed E-state index contributed by atoms with van der Waals surface area (Å²) in [6, 6.07) is 25.4. The van der Waals surface area contributed by atoms with Gasteiger partial charge in [-0.2, -0.15) is 0 Å². The van der Waals surface area contributed by atoms with Gasteiger partial charge in [-0.1, -0.05) is 84.4 Å². The average molecular weight is 764 g/mol. The molecule has 0 unspecified atom stereocenters. The first-order valence-corrected chi connectivity index (χ1v) is 18.9. The second-order valence-electron chi connectivity index (χ2n) is 11.5. The molecule has 6 rings (SSSR count). The highest BCUT2D eigenvalue weighted by atomic mass is 127. The van der Waals surface area contributed by atoms with E-state index in [9.17, 15) is 0 Å². The van der Waals surface area contributed by atoms with E-state index in [4.69, 9.17) is 3.56 Å². The van der Waals surface area contributed by atoms with Crippen molar-refractivity contribution in [3.63, 3.8) is 0 Å². The van der Waals surface area contributed by atoms with Gasteiger partial charge in [0.15, 0.2) is 0 Å². The van der Waals surface area contributed by atoms with Crippen LogP contribution in [0.15, 0.2) is 77.3 Å². The summed E-state index contributed by atoms with van der Waals surface area (Å²) in [6.07, 6.45) is 10.8. The number of hydrogen-bond acceptors (Lipinski definition) is 4. The molecule has 0 radical (unpaired) electrons. The molecular formula is C37H56BrIN4. The van der Waals surface area contributed by atoms with Crippen LogP contribution in [0.3, 0.4) is 0 Å². The molecule has 3 saturated heterocycles. The molecular weight excluding hydrogens is 707 g/mol. The van der Waals surface area contributed by atoms with Gasteiger partial charge in [0.05, 0.1) is 0 Å². The number of anilines is 2. The molecule has 0 aromatic heterocycles. The van der Waals surface area contributed by atoms with Crippen LogP contribution in [0.5, 0.6) is 0 Å². The Balaban J connectivity index is 0.000000210. The largest absolute Gasteiger partial charge is 0.371 e. The Labute approximate surface area is 282 Å². The standard InChI is InChI=1S/C12H17IN2.C12H17N.C7H7Br.C5H11N.CH4/c1-10-4-2-3-5-12(10)15-8-6-11(13-14)7-9-15;1-11-7-3-4-8-12(11)13-9-5-2-6-10-13;1-6-4-2-3-5-7(6)8;1-2-4-6-5-3-1;/h2-5,11,14H,6-9H2,1H3;3-4,7-8H,2,5-6,9-10H2,1H3;2-5H,1H3;6H,1-5H2;1H4. The molecule has 238 valence electrons. The molecule has 2 N–H and O–H groups in total. The molecule has 0 saturated carbocycles. The zero-order valence-electron chi connectivity index (χ0n) is 26.1. The van der Waals surface area contributed by atoms with Crippen LogP contribution in [-0.4, -0.2) is 43.2 Å². The summed E-state index contributed by atoms with van der Waals surface area (Å²) in [5.41, 5.74) is 6.88.